The average molecular weight is 653 g/mol. The van der Waals surface area contributed by atoms with Crippen LogP contribution in [0.25, 0.3) is 78.4 Å². The van der Waals surface area contributed by atoms with Gasteiger partial charge in [-0.05, 0) is 93.0 Å². The van der Waals surface area contributed by atoms with Gasteiger partial charge in [0.25, 0.3) is 0 Å². The standard InChI is InChI=1S/C49H36N2/c1-49(2)43-31-39(47-23-11-21-45(50-47)37-19-9-17-35(29-37)33-13-5-3-6-14-33)25-27-41(43)42-28-26-40(32-44(42)49)48-24-12-22-46(51-48)38-20-10-18-36(30-38)34-15-7-4-8-16-34/h3-32H,1-2H3. The highest BCUT2D eigenvalue weighted by Gasteiger charge is 2.36. The number of pyridine rings is 2. The van der Waals surface area contributed by atoms with Gasteiger partial charge in [-0.25, -0.2) is 9.97 Å². The minimum atomic E-state index is -0.181. The first-order chi connectivity index (χ1) is 25.0. The first-order valence-corrected chi connectivity index (χ1v) is 17.6. The lowest BCUT2D eigenvalue weighted by Gasteiger charge is -2.22. The van der Waals surface area contributed by atoms with Gasteiger partial charge >= 0.3 is 0 Å². The molecule has 0 saturated heterocycles. The molecule has 1 aliphatic rings. The molecule has 0 saturated carbocycles. The third kappa shape index (κ3) is 5.65. The molecule has 0 N–H and O–H groups in total. The second kappa shape index (κ2) is 12.5. The molecule has 0 radical (unpaired) electrons. The highest BCUT2D eigenvalue weighted by Crippen LogP contribution is 2.50. The van der Waals surface area contributed by atoms with E-state index in [0.717, 1.165) is 45.0 Å². The van der Waals surface area contributed by atoms with Crippen LogP contribution >= 0.6 is 0 Å². The van der Waals surface area contributed by atoms with E-state index in [1.165, 1.54) is 44.5 Å². The Labute approximate surface area is 299 Å². The summed E-state index contributed by atoms with van der Waals surface area (Å²) in [5.41, 5.74) is 18.2. The number of hydrogen-bond acceptors (Lipinski definition) is 2. The van der Waals surface area contributed by atoms with Crippen LogP contribution in [0.2, 0.25) is 0 Å². The molecular formula is C49H36N2. The number of rotatable bonds is 6. The summed E-state index contributed by atoms with van der Waals surface area (Å²) in [5, 5.41) is 0. The first kappa shape index (κ1) is 30.7. The molecule has 0 unspecified atom stereocenters. The Balaban J connectivity index is 1.02. The molecule has 2 nitrogen and oxygen atoms in total. The summed E-state index contributed by atoms with van der Waals surface area (Å²) < 4.78 is 0. The van der Waals surface area contributed by atoms with E-state index in [4.69, 9.17) is 9.97 Å². The molecule has 6 aromatic carbocycles. The zero-order chi connectivity index (χ0) is 34.4. The fourth-order valence-corrected chi connectivity index (χ4v) is 7.55. The molecule has 2 heterocycles. The molecular weight excluding hydrogens is 617 g/mol. The van der Waals surface area contributed by atoms with Crippen LogP contribution in [-0.2, 0) is 5.41 Å². The van der Waals surface area contributed by atoms with Crippen LogP contribution in [0.15, 0.2) is 182 Å². The van der Waals surface area contributed by atoms with Crippen molar-refractivity contribution in [2.75, 3.05) is 0 Å². The minimum absolute atomic E-state index is 0.181. The van der Waals surface area contributed by atoms with Gasteiger partial charge in [0.1, 0.15) is 0 Å². The molecule has 0 aliphatic heterocycles. The maximum Gasteiger partial charge on any atom is 0.0709 e. The van der Waals surface area contributed by atoms with Crippen LogP contribution in [0.4, 0.5) is 0 Å². The van der Waals surface area contributed by atoms with E-state index < -0.39 is 0 Å². The van der Waals surface area contributed by atoms with Gasteiger partial charge in [0.2, 0.25) is 0 Å². The largest absolute Gasteiger partial charge is 0.248 e. The molecule has 0 amide bonds. The third-order valence-electron chi connectivity index (χ3n) is 10.3. The van der Waals surface area contributed by atoms with Gasteiger partial charge in [0.05, 0.1) is 22.8 Å². The lowest BCUT2D eigenvalue weighted by atomic mass is 9.81. The molecule has 242 valence electrons. The lowest BCUT2D eigenvalue weighted by molar-refractivity contribution is 0.661. The molecule has 1 aliphatic carbocycles. The van der Waals surface area contributed by atoms with E-state index in [-0.39, 0.29) is 5.41 Å². The van der Waals surface area contributed by atoms with Gasteiger partial charge in [-0.15, -0.1) is 0 Å². The first-order valence-electron chi connectivity index (χ1n) is 17.6. The second-order valence-corrected chi connectivity index (χ2v) is 13.9. The maximum absolute atomic E-state index is 5.17. The van der Waals surface area contributed by atoms with Gasteiger partial charge < -0.3 is 0 Å². The molecule has 9 rings (SSSR count). The van der Waals surface area contributed by atoms with Crippen molar-refractivity contribution in [2.24, 2.45) is 0 Å². The Morgan fingerprint density at radius 1 is 0.294 bits per heavy atom. The maximum atomic E-state index is 5.17. The summed E-state index contributed by atoms with van der Waals surface area (Å²) in [4.78, 5) is 10.3. The Bertz CT molecular complexity index is 2370. The number of nitrogens with zero attached hydrogens (tertiary/aromatic N) is 2. The topological polar surface area (TPSA) is 25.8 Å². The van der Waals surface area contributed by atoms with Crippen LogP contribution in [0.5, 0.6) is 0 Å². The fourth-order valence-electron chi connectivity index (χ4n) is 7.55. The smallest absolute Gasteiger partial charge is 0.0709 e. The van der Waals surface area contributed by atoms with Crippen molar-refractivity contribution >= 4 is 0 Å². The summed E-state index contributed by atoms with van der Waals surface area (Å²) in [6.45, 7) is 4.67. The molecule has 2 heteroatoms. The van der Waals surface area contributed by atoms with Crippen LogP contribution in [0.3, 0.4) is 0 Å². The summed E-state index contributed by atoms with van der Waals surface area (Å²) in [6.07, 6.45) is 0. The van der Waals surface area contributed by atoms with Gasteiger partial charge in [-0.1, -0.05) is 147 Å². The van der Waals surface area contributed by atoms with Gasteiger partial charge in [0, 0.05) is 27.7 Å². The zero-order valence-electron chi connectivity index (χ0n) is 28.7. The Morgan fingerprint density at radius 2 is 0.627 bits per heavy atom. The zero-order valence-corrected chi connectivity index (χ0v) is 28.7. The summed E-state index contributed by atoms with van der Waals surface area (Å²) in [7, 11) is 0. The minimum Gasteiger partial charge on any atom is -0.248 e. The van der Waals surface area contributed by atoms with Crippen LogP contribution in [-0.4, -0.2) is 9.97 Å². The average Bonchev–Trinajstić information content (AvgIpc) is 3.43. The normalized spacial score (nSPS) is 12.7. The number of hydrogen-bond donors (Lipinski definition) is 0. The summed E-state index contributed by atoms with van der Waals surface area (Å²) >= 11 is 0. The molecule has 0 bridgehead atoms. The Morgan fingerprint density at radius 3 is 1.04 bits per heavy atom. The predicted molar refractivity (Wildman–Crippen MR) is 212 cm³/mol. The van der Waals surface area contributed by atoms with E-state index in [1.54, 1.807) is 0 Å². The van der Waals surface area contributed by atoms with Crippen molar-refractivity contribution in [3.8, 4) is 78.4 Å². The predicted octanol–water partition coefficient (Wildman–Crippen LogP) is 12.8. The van der Waals surface area contributed by atoms with Crippen molar-refractivity contribution in [1.82, 2.24) is 9.97 Å². The van der Waals surface area contributed by atoms with Gasteiger partial charge in [-0.3, -0.25) is 0 Å². The SMILES string of the molecule is CC1(C)c2cc(-c3cccc(-c4cccc(-c5ccccc5)c4)n3)ccc2-c2ccc(-c3cccc(-c4cccc(-c5ccccc5)c4)n3)cc21. The lowest BCUT2D eigenvalue weighted by Crippen LogP contribution is -2.15. The van der Waals surface area contributed by atoms with E-state index in [1.807, 2.05) is 0 Å². The van der Waals surface area contributed by atoms with Crippen molar-refractivity contribution in [2.45, 2.75) is 19.3 Å². The summed E-state index contributed by atoms with van der Waals surface area (Å²) in [5.74, 6) is 0. The van der Waals surface area contributed by atoms with Crippen molar-refractivity contribution in [1.29, 1.82) is 0 Å². The van der Waals surface area contributed by atoms with Crippen LogP contribution in [0, 0.1) is 0 Å². The molecule has 8 aromatic rings. The molecule has 2 aromatic heterocycles. The Hall–Kier alpha value is -6.38. The number of aromatic nitrogens is 2. The highest BCUT2D eigenvalue weighted by molar-refractivity contribution is 5.86. The van der Waals surface area contributed by atoms with E-state index in [2.05, 4.69) is 196 Å². The second-order valence-electron chi connectivity index (χ2n) is 13.9. The van der Waals surface area contributed by atoms with Crippen molar-refractivity contribution < 1.29 is 0 Å². The number of benzene rings is 6. The Kier molecular flexibility index (Phi) is 7.51. The monoisotopic (exact) mass is 652 g/mol. The fraction of sp³-hybridized carbons (Fsp3) is 0.0612. The van der Waals surface area contributed by atoms with E-state index in [9.17, 15) is 0 Å². The number of fused-ring (bicyclic) bond motifs is 3. The third-order valence-corrected chi connectivity index (χ3v) is 10.3. The van der Waals surface area contributed by atoms with Gasteiger partial charge in [0.15, 0.2) is 0 Å². The molecule has 51 heavy (non-hydrogen) atoms. The van der Waals surface area contributed by atoms with Crippen LogP contribution in [0.1, 0.15) is 25.0 Å². The molecule has 0 atom stereocenters. The van der Waals surface area contributed by atoms with Crippen LogP contribution < -0.4 is 0 Å². The van der Waals surface area contributed by atoms with Gasteiger partial charge in [-0.2, -0.15) is 0 Å². The molecule has 0 fully saturated rings. The van der Waals surface area contributed by atoms with Crippen molar-refractivity contribution in [3.05, 3.63) is 193 Å². The van der Waals surface area contributed by atoms with Crippen molar-refractivity contribution in [3.63, 3.8) is 0 Å². The highest BCUT2D eigenvalue weighted by atomic mass is 14.7. The quantitative estimate of drug-likeness (QED) is 0.179. The molecule has 0 spiro atoms. The summed E-state index contributed by atoms with van der Waals surface area (Å²) in [6, 6.07) is 64.7. The van der Waals surface area contributed by atoms with E-state index >= 15 is 0 Å². The van der Waals surface area contributed by atoms with E-state index in [0.29, 0.717) is 0 Å².